The standard InChI is InChI=1S/C23H37N3O5S/c1-16(2)32(28,29)26-20-5-4-11-24-21(20)15-31-19-8-6-18(7-9-19)22-17(3)10-12-25-23(22)30-14-13-27/h10,12-13,16,18-21,24,26H,4-9,11,14-15H2,1-3H3/t18-,19+,20-,21-/m0/s1. The third kappa shape index (κ3) is 6.50. The lowest BCUT2D eigenvalue weighted by Crippen LogP contribution is -2.56. The topological polar surface area (TPSA) is 107 Å². The van der Waals surface area contributed by atoms with Gasteiger partial charge in [0.2, 0.25) is 15.9 Å². The Balaban J connectivity index is 1.53. The van der Waals surface area contributed by atoms with Crippen LogP contribution in [0, 0.1) is 6.92 Å². The second-order valence-electron chi connectivity index (χ2n) is 9.15. The van der Waals surface area contributed by atoms with Crippen molar-refractivity contribution >= 4 is 16.3 Å². The van der Waals surface area contributed by atoms with E-state index in [0.717, 1.165) is 62.5 Å². The highest BCUT2D eigenvalue weighted by Crippen LogP contribution is 2.39. The van der Waals surface area contributed by atoms with Gasteiger partial charge in [-0.2, -0.15) is 0 Å². The number of piperidine rings is 1. The van der Waals surface area contributed by atoms with E-state index in [-0.39, 0.29) is 24.8 Å². The van der Waals surface area contributed by atoms with Crippen LogP contribution in [0.25, 0.3) is 0 Å². The van der Waals surface area contributed by atoms with Gasteiger partial charge in [-0.25, -0.2) is 18.1 Å². The Kier molecular flexibility index (Phi) is 9.04. The number of ether oxygens (including phenoxy) is 2. The van der Waals surface area contributed by atoms with Crippen LogP contribution in [0.3, 0.4) is 0 Å². The zero-order chi connectivity index (χ0) is 23.1. The van der Waals surface area contributed by atoms with E-state index >= 15 is 0 Å². The Hall–Kier alpha value is -1.55. The summed E-state index contributed by atoms with van der Waals surface area (Å²) in [5.74, 6) is 0.900. The molecule has 2 N–H and O–H groups in total. The quantitative estimate of drug-likeness (QED) is 0.509. The molecule has 0 amide bonds. The number of sulfonamides is 1. The second-order valence-corrected chi connectivity index (χ2v) is 11.4. The molecule has 2 fully saturated rings. The molecule has 0 spiro atoms. The number of hydrogen-bond acceptors (Lipinski definition) is 7. The molecule has 1 aromatic heterocycles. The van der Waals surface area contributed by atoms with E-state index in [4.69, 9.17) is 9.47 Å². The highest BCUT2D eigenvalue weighted by atomic mass is 32.2. The first-order valence-corrected chi connectivity index (χ1v) is 13.2. The molecule has 2 aliphatic rings. The molecule has 1 saturated carbocycles. The lowest BCUT2D eigenvalue weighted by Gasteiger charge is -2.35. The van der Waals surface area contributed by atoms with E-state index in [9.17, 15) is 13.2 Å². The predicted molar refractivity (Wildman–Crippen MR) is 123 cm³/mol. The Morgan fingerprint density at radius 2 is 2.00 bits per heavy atom. The van der Waals surface area contributed by atoms with E-state index < -0.39 is 15.3 Å². The van der Waals surface area contributed by atoms with Crippen molar-refractivity contribution in [1.29, 1.82) is 0 Å². The lowest BCUT2D eigenvalue weighted by molar-refractivity contribution is -0.109. The molecule has 2 atom stereocenters. The van der Waals surface area contributed by atoms with E-state index in [2.05, 4.69) is 21.9 Å². The molecule has 32 heavy (non-hydrogen) atoms. The van der Waals surface area contributed by atoms with E-state index in [0.29, 0.717) is 18.4 Å². The number of nitrogens with zero attached hydrogens (tertiary/aromatic N) is 1. The lowest BCUT2D eigenvalue weighted by atomic mass is 9.81. The zero-order valence-electron chi connectivity index (χ0n) is 19.4. The average Bonchev–Trinajstić information content (AvgIpc) is 2.77. The van der Waals surface area contributed by atoms with Gasteiger partial charge < -0.3 is 14.8 Å². The number of carbonyl (C=O) groups excluding carboxylic acids is 1. The van der Waals surface area contributed by atoms with E-state index in [1.165, 1.54) is 0 Å². The van der Waals surface area contributed by atoms with Gasteiger partial charge in [-0.15, -0.1) is 0 Å². The summed E-state index contributed by atoms with van der Waals surface area (Å²) in [7, 11) is -3.31. The van der Waals surface area contributed by atoms with E-state index in [1.807, 2.05) is 6.07 Å². The molecule has 3 rings (SSSR count). The Bertz CT molecular complexity index is 853. The van der Waals surface area contributed by atoms with Gasteiger partial charge in [-0.3, -0.25) is 4.79 Å². The fourth-order valence-corrected chi connectivity index (χ4v) is 5.62. The number of aryl methyl sites for hydroxylation is 1. The third-order valence-corrected chi connectivity index (χ3v) is 8.45. The van der Waals surface area contributed by atoms with Crippen LogP contribution in [0.5, 0.6) is 5.88 Å². The summed E-state index contributed by atoms with van der Waals surface area (Å²) >= 11 is 0. The minimum absolute atomic E-state index is 0.0119. The molecule has 2 heterocycles. The summed E-state index contributed by atoms with van der Waals surface area (Å²) in [4.78, 5) is 15.1. The van der Waals surface area contributed by atoms with Gasteiger partial charge >= 0.3 is 0 Å². The molecule has 0 bridgehead atoms. The van der Waals surface area contributed by atoms with Gasteiger partial charge in [0.15, 0.2) is 6.29 Å². The molecule has 0 unspecified atom stereocenters. The fourth-order valence-electron chi connectivity index (χ4n) is 4.64. The van der Waals surface area contributed by atoms with Crippen molar-refractivity contribution in [3.05, 3.63) is 23.4 Å². The number of pyridine rings is 1. The van der Waals surface area contributed by atoms with Gasteiger partial charge in [0, 0.05) is 23.8 Å². The summed E-state index contributed by atoms with van der Waals surface area (Å²) in [6, 6.07) is 1.83. The SMILES string of the molecule is Cc1ccnc(OCC=O)c1[C@H]1CC[C@@H](OC[C@@H]2NCCC[C@@H]2NS(=O)(=O)C(C)C)CC1. The van der Waals surface area contributed by atoms with Gasteiger partial charge in [-0.05, 0) is 83.4 Å². The van der Waals surface area contributed by atoms with Crippen LogP contribution in [0.15, 0.2) is 12.3 Å². The maximum absolute atomic E-state index is 12.3. The number of rotatable bonds is 10. The van der Waals surface area contributed by atoms with Gasteiger partial charge in [0.05, 0.1) is 18.0 Å². The van der Waals surface area contributed by atoms with Gasteiger partial charge in [0.1, 0.15) is 6.61 Å². The first kappa shape index (κ1) is 25.1. The largest absolute Gasteiger partial charge is 0.470 e. The smallest absolute Gasteiger partial charge is 0.217 e. The Morgan fingerprint density at radius 1 is 1.25 bits per heavy atom. The molecular formula is C23H37N3O5S. The molecule has 0 radical (unpaired) electrons. The summed E-state index contributed by atoms with van der Waals surface area (Å²) < 4.78 is 39.3. The van der Waals surface area contributed by atoms with Crippen LogP contribution < -0.4 is 14.8 Å². The highest BCUT2D eigenvalue weighted by molar-refractivity contribution is 7.90. The molecule has 1 saturated heterocycles. The van der Waals surface area contributed by atoms with Crippen LogP contribution >= 0.6 is 0 Å². The van der Waals surface area contributed by atoms with Crippen molar-refractivity contribution in [2.45, 2.75) is 88.7 Å². The molecule has 180 valence electrons. The number of aromatic nitrogens is 1. The molecule has 0 aromatic carbocycles. The van der Waals surface area contributed by atoms with Crippen molar-refractivity contribution in [3.8, 4) is 5.88 Å². The minimum atomic E-state index is -3.31. The monoisotopic (exact) mass is 467 g/mol. The van der Waals surface area contributed by atoms with Crippen molar-refractivity contribution in [3.63, 3.8) is 0 Å². The summed E-state index contributed by atoms with van der Waals surface area (Å²) in [6.45, 7) is 6.84. The van der Waals surface area contributed by atoms with Crippen LogP contribution in [-0.2, 0) is 19.6 Å². The van der Waals surface area contributed by atoms with Gasteiger partial charge in [-0.1, -0.05) is 0 Å². The maximum atomic E-state index is 12.3. The first-order chi connectivity index (χ1) is 15.3. The third-order valence-electron chi connectivity index (χ3n) is 6.57. The van der Waals surface area contributed by atoms with Crippen molar-refractivity contribution in [2.24, 2.45) is 0 Å². The highest BCUT2D eigenvalue weighted by Gasteiger charge is 2.32. The van der Waals surface area contributed by atoms with Crippen molar-refractivity contribution in [1.82, 2.24) is 15.0 Å². The van der Waals surface area contributed by atoms with Crippen LogP contribution in [-0.4, -0.2) is 62.9 Å². The summed E-state index contributed by atoms with van der Waals surface area (Å²) in [6.07, 6.45) is 8.19. The second kappa shape index (κ2) is 11.5. The van der Waals surface area contributed by atoms with Crippen molar-refractivity contribution in [2.75, 3.05) is 19.8 Å². The number of nitrogens with one attached hydrogen (secondary N) is 2. The molecule has 1 aromatic rings. The number of hydrogen-bond donors (Lipinski definition) is 2. The summed E-state index contributed by atoms with van der Waals surface area (Å²) in [5.41, 5.74) is 2.24. The van der Waals surface area contributed by atoms with Crippen LogP contribution in [0.2, 0.25) is 0 Å². The average molecular weight is 468 g/mol. The molecule has 1 aliphatic heterocycles. The summed E-state index contributed by atoms with van der Waals surface area (Å²) in [5, 5.41) is 2.99. The molecule has 8 nitrogen and oxygen atoms in total. The molecule has 1 aliphatic carbocycles. The van der Waals surface area contributed by atoms with Crippen molar-refractivity contribution < 1.29 is 22.7 Å². The van der Waals surface area contributed by atoms with Crippen LogP contribution in [0.1, 0.15) is 69.4 Å². The maximum Gasteiger partial charge on any atom is 0.217 e. The first-order valence-electron chi connectivity index (χ1n) is 11.7. The Morgan fingerprint density at radius 3 is 2.69 bits per heavy atom. The zero-order valence-corrected chi connectivity index (χ0v) is 20.2. The molecular weight excluding hydrogens is 430 g/mol. The van der Waals surface area contributed by atoms with Crippen LogP contribution in [0.4, 0.5) is 0 Å². The number of aldehydes is 1. The normalized spacial score (nSPS) is 26.8. The van der Waals surface area contributed by atoms with Gasteiger partial charge in [0.25, 0.3) is 0 Å². The van der Waals surface area contributed by atoms with E-state index in [1.54, 1.807) is 20.0 Å². The number of carbonyl (C=O) groups is 1. The predicted octanol–water partition coefficient (Wildman–Crippen LogP) is 2.46. The fraction of sp³-hybridized carbons (Fsp3) is 0.739. The Labute approximate surface area is 191 Å². The molecule has 9 heteroatoms. The minimum Gasteiger partial charge on any atom is -0.470 e.